The van der Waals surface area contributed by atoms with Crippen LogP contribution in [0.4, 0.5) is 0 Å². The minimum atomic E-state index is 0.310. The number of aliphatic hydroxyl groups is 1. The van der Waals surface area contributed by atoms with E-state index in [-0.39, 0.29) is 0 Å². The Morgan fingerprint density at radius 2 is 1.42 bits per heavy atom. The lowest BCUT2D eigenvalue weighted by molar-refractivity contribution is 0.282. The maximum Gasteiger partial charge on any atom is 0.0431 e. The highest BCUT2D eigenvalue weighted by atomic mass is 79.9. The average Bonchev–Trinajstić information content (AvgIpc) is 2.40. The van der Waals surface area contributed by atoms with E-state index >= 15 is 0 Å². The molecule has 0 saturated carbocycles. The molecule has 108 valence electrons. The van der Waals surface area contributed by atoms with Crippen LogP contribution in [0.15, 0.2) is 13.4 Å². The Kier molecular flexibility index (Phi) is 8.19. The molecule has 0 spiro atoms. The molecule has 1 aromatic carbocycles. The first kappa shape index (κ1) is 17.7. The number of halogens is 3. The average molecular weight is 457 g/mol. The lowest BCUT2D eigenvalue weighted by Crippen LogP contribution is -1.99. The van der Waals surface area contributed by atoms with Gasteiger partial charge in [-0.25, -0.2) is 0 Å². The summed E-state index contributed by atoms with van der Waals surface area (Å²) < 4.78 is 3.66. The molecule has 0 aromatic heterocycles. The summed E-state index contributed by atoms with van der Waals surface area (Å²) in [5.74, 6) is 0. The molecule has 4 heteroatoms. The van der Waals surface area contributed by atoms with Crippen LogP contribution in [-0.4, -0.2) is 11.7 Å². The van der Waals surface area contributed by atoms with Crippen LogP contribution in [0.25, 0.3) is 0 Å². The lowest BCUT2D eigenvalue weighted by atomic mass is 10.00. The van der Waals surface area contributed by atoms with Crippen LogP contribution in [0.2, 0.25) is 0 Å². The highest BCUT2D eigenvalue weighted by molar-refractivity contribution is 9.11. The molecule has 0 radical (unpaired) electrons. The van der Waals surface area contributed by atoms with Crippen molar-refractivity contribution < 1.29 is 5.11 Å². The minimum Gasteiger partial charge on any atom is -0.396 e. The van der Waals surface area contributed by atoms with Gasteiger partial charge in [0.25, 0.3) is 0 Å². The Morgan fingerprint density at radius 3 is 2.00 bits per heavy atom. The summed E-state index contributed by atoms with van der Waals surface area (Å²) in [4.78, 5) is 0. The molecule has 0 atom stereocenters. The molecule has 1 rings (SSSR count). The van der Waals surface area contributed by atoms with Gasteiger partial charge in [0.05, 0.1) is 0 Å². The van der Waals surface area contributed by atoms with Crippen LogP contribution >= 0.6 is 47.8 Å². The van der Waals surface area contributed by atoms with Crippen molar-refractivity contribution in [3.8, 4) is 0 Å². The first-order valence-electron chi connectivity index (χ1n) is 6.80. The predicted octanol–water partition coefficient (Wildman–Crippen LogP) is 5.94. The zero-order chi connectivity index (χ0) is 14.4. The molecule has 1 N–H and O–H groups in total. The van der Waals surface area contributed by atoms with E-state index in [9.17, 15) is 0 Å². The van der Waals surface area contributed by atoms with E-state index < -0.39 is 0 Å². The molecule has 19 heavy (non-hydrogen) atoms. The van der Waals surface area contributed by atoms with Crippen molar-refractivity contribution in [2.45, 2.75) is 52.4 Å². The van der Waals surface area contributed by atoms with Gasteiger partial charge in [-0.1, -0.05) is 67.6 Å². The smallest absolute Gasteiger partial charge is 0.0431 e. The number of aliphatic hydroxyl groups excluding tert-OH is 1. The van der Waals surface area contributed by atoms with Gasteiger partial charge in [-0.15, -0.1) is 0 Å². The number of rotatable bonds is 7. The number of unbranched alkanes of at least 4 members (excludes halogenated alkanes) is 3. The number of benzene rings is 1. The van der Waals surface area contributed by atoms with Crippen LogP contribution in [0, 0.1) is 6.92 Å². The van der Waals surface area contributed by atoms with Crippen molar-refractivity contribution in [3.63, 3.8) is 0 Å². The first-order chi connectivity index (χ1) is 9.04. The topological polar surface area (TPSA) is 20.2 Å². The van der Waals surface area contributed by atoms with E-state index in [1.807, 2.05) is 0 Å². The van der Waals surface area contributed by atoms with E-state index in [2.05, 4.69) is 61.6 Å². The molecule has 0 bridgehead atoms. The SMILES string of the molecule is CCc1c(Br)c(C)c(Br)c(CCCCCCO)c1Br. The third-order valence-corrected chi connectivity index (χ3v) is 6.51. The normalized spacial score (nSPS) is 11.1. The van der Waals surface area contributed by atoms with E-state index in [0.717, 1.165) is 25.7 Å². The maximum atomic E-state index is 8.79. The van der Waals surface area contributed by atoms with Crippen LogP contribution in [0.3, 0.4) is 0 Å². The van der Waals surface area contributed by atoms with E-state index in [1.165, 1.54) is 43.0 Å². The molecule has 0 heterocycles. The van der Waals surface area contributed by atoms with Crippen molar-refractivity contribution in [1.82, 2.24) is 0 Å². The molecular weight excluding hydrogens is 436 g/mol. The fraction of sp³-hybridized carbons (Fsp3) is 0.600. The Bertz CT molecular complexity index is 430. The summed E-state index contributed by atoms with van der Waals surface area (Å²) in [5, 5.41) is 8.79. The Morgan fingerprint density at radius 1 is 0.842 bits per heavy atom. The van der Waals surface area contributed by atoms with Gasteiger partial charge in [-0.05, 0) is 49.3 Å². The summed E-state index contributed by atoms with van der Waals surface area (Å²) in [5.41, 5.74) is 4.01. The summed E-state index contributed by atoms with van der Waals surface area (Å²) in [6.07, 6.45) is 6.47. The van der Waals surface area contributed by atoms with Gasteiger partial charge in [0, 0.05) is 20.0 Å². The molecular formula is C15H21Br3O. The first-order valence-corrected chi connectivity index (χ1v) is 9.18. The second kappa shape index (κ2) is 8.81. The van der Waals surface area contributed by atoms with Gasteiger partial charge in [0.2, 0.25) is 0 Å². The fourth-order valence-corrected chi connectivity index (χ4v) is 5.17. The summed E-state index contributed by atoms with van der Waals surface area (Å²) in [6, 6.07) is 0. The summed E-state index contributed by atoms with van der Waals surface area (Å²) in [7, 11) is 0. The number of hydrogen-bond donors (Lipinski definition) is 1. The van der Waals surface area contributed by atoms with Gasteiger partial charge in [-0.3, -0.25) is 0 Å². The molecule has 0 amide bonds. The zero-order valence-corrected chi connectivity index (χ0v) is 16.3. The third-order valence-electron chi connectivity index (χ3n) is 3.41. The number of hydrogen-bond acceptors (Lipinski definition) is 1. The molecule has 0 saturated heterocycles. The molecule has 0 aliphatic heterocycles. The largest absolute Gasteiger partial charge is 0.396 e. The Labute approximate surface area is 141 Å². The molecule has 1 nitrogen and oxygen atoms in total. The molecule has 0 unspecified atom stereocenters. The van der Waals surface area contributed by atoms with Crippen molar-refractivity contribution in [2.24, 2.45) is 0 Å². The van der Waals surface area contributed by atoms with Gasteiger partial charge < -0.3 is 5.11 Å². The Hall–Kier alpha value is 0.620. The summed E-state index contributed by atoms with van der Waals surface area (Å²) >= 11 is 11.2. The van der Waals surface area contributed by atoms with Crippen molar-refractivity contribution in [3.05, 3.63) is 30.1 Å². The third kappa shape index (κ3) is 4.55. The highest BCUT2D eigenvalue weighted by Gasteiger charge is 2.16. The van der Waals surface area contributed by atoms with Crippen LogP contribution in [-0.2, 0) is 12.8 Å². The van der Waals surface area contributed by atoms with Gasteiger partial charge >= 0.3 is 0 Å². The summed E-state index contributed by atoms with van der Waals surface area (Å²) in [6.45, 7) is 4.64. The second-order valence-electron chi connectivity index (χ2n) is 4.77. The molecule has 0 aliphatic carbocycles. The van der Waals surface area contributed by atoms with Crippen molar-refractivity contribution in [1.29, 1.82) is 0 Å². The van der Waals surface area contributed by atoms with Gasteiger partial charge in [-0.2, -0.15) is 0 Å². The van der Waals surface area contributed by atoms with Crippen LogP contribution in [0.5, 0.6) is 0 Å². The maximum absolute atomic E-state index is 8.79. The van der Waals surface area contributed by atoms with Gasteiger partial charge in [0.15, 0.2) is 0 Å². The molecule has 0 aliphatic rings. The van der Waals surface area contributed by atoms with E-state index in [0.29, 0.717) is 6.61 Å². The second-order valence-corrected chi connectivity index (χ2v) is 7.14. The van der Waals surface area contributed by atoms with Crippen LogP contribution < -0.4 is 0 Å². The Balaban J connectivity index is 2.85. The zero-order valence-electron chi connectivity index (χ0n) is 11.5. The van der Waals surface area contributed by atoms with Crippen molar-refractivity contribution >= 4 is 47.8 Å². The standard InChI is InChI=1S/C15H21Br3O/c1-3-11-13(16)10(2)14(17)12(15(11)18)8-6-4-5-7-9-19/h19H,3-9H2,1-2H3. The lowest BCUT2D eigenvalue weighted by Gasteiger charge is -2.17. The monoisotopic (exact) mass is 454 g/mol. The quantitative estimate of drug-likeness (QED) is 0.503. The fourth-order valence-electron chi connectivity index (χ4n) is 2.22. The van der Waals surface area contributed by atoms with E-state index in [4.69, 9.17) is 5.11 Å². The van der Waals surface area contributed by atoms with E-state index in [1.54, 1.807) is 0 Å². The molecule has 1 aromatic rings. The van der Waals surface area contributed by atoms with Crippen LogP contribution in [0.1, 0.15) is 49.3 Å². The molecule has 0 fully saturated rings. The minimum absolute atomic E-state index is 0.310. The predicted molar refractivity (Wildman–Crippen MR) is 92.9 cm³/mol. The van der Waals surface area contributed by atoms with Gasteiger partial charge in [0.1, 0.15) is 0 Å². The van der Waals surface area contributed by atoms with Crippen molar-refractivity contribution in [2.75, 3.05) is 6.61 Å². The highest BCUT2D eigenvalue weighted by Crippen LogP contribution is 2.39.